The van der Waals surface area contributed by atoms with E-state index in [4.69, 9.17) is 4.74 Å². The first-order valence-corrected chi connectivity index (χ1v) is 8.23. The van der Waals surface area contributed by atoms with Gasteiger partial charge in [0.15, 0.2) is 0 Å². The monoisotopic (exact) mass is 362 g/mol. The Labute approximate surface area is 156 Å². The third-order valence-corrected chi connectivity index (χ3v) is 3.81. The summed E-state index contributed by atoms with van der Waals surface area (Å²) < 4.78 is 5.09. The highest BCUT2D eigenvalue weighted by atomic mass is 16.5. The summed E-state index contributed by atoms with van der Waals surface area (Å²) in [6, 6.07) is 12.1. The van der Waals surface area contributed by atoms with Crippen molar-refractivity contribution < 1.29 is 14.3 Å². The van der Waals surface area contributed by atoms with Crippen molar-refractivity contribution >= 4 is 17.5 Å². The van der Waals surface area contributed by atoms with Crippen molar-refractivity contribution in [1.82, 2.24) is 15.3 Å². The van der Waals surface area contributed by atoms with Crippen LogP contribution in [0.5, 0.6) is 5.75 Å². The Morgan fingerprint density at radius 1 is 0.926 bits per heavy atom. The van der Waals surface area contributed by atoms with Crippen LogP contribution in [-0.4, -0.2) is 28.9 Å². The molecule has 136 valence electrons. The lowest BCUT2D eigenvalue weighted by Crippen LogP contribution is -2.23. The molecule has 0 aliphatic heterocycles. The minimum absolute atomic E-state index is 0.294. The molecule has 3 rings (SSSR count). The van der Waals surface area contributed by atoms with Crippen LogP contribution in [0, 0.1) is 0 Å². The highest BCUT2D eigenvalue weighted by Gasteiger charge is 2.12. The fourth-order valence-electron chi connectivity index (χ4n) is 2.35. The van der Waals surface area contributed by atoms with Crippen molar-refractivity contribution in [2.45, 2.75) is 6.54 Å². The first kappa shape index (κ1) is 18.1. The second-order valence-corrected chi connectivity index (χ2v) is 5.68. The van der Waals surface area contributed by atoms with Gasteiger partial charge in [0.2, 0.25) is 0 Å². The molecule has 0 bridgehead atoms. The van der Waals surface area contributed by atoms with Gasteiger partial charge in [0.05, 0.1) is 18.2 Å². The zero-order chi connectivity index (χ0) is 19.1. The number of hydrogen-bond acceptors (Lipinski definition) is 5. The van der Waals surface area contributed by atoms with Crippen molar-refractivity contribution in [2.75, 3.05) is 12.4 Å². The van der Waals surface area contributed by atoms with Gasteiger partial charge in [-0.15, -0.1) is 0 Å². The van der Waals surface area contributed by atoms with Gasteiger partial charge in [-0.25, -0.2) is 0 Å². The molecule has 2 N–H and O–H groups in total. The van der Waals surface area contributed by atoms with E-state index in [0.717, 1.165) is 5.56 Å². The van der Waals surface area contributed by atoms with Crippen LogP contribution in [0.1, 0.15) is 26.3 Å². The van der Waals surface area contributed by atoms with Gasteiger partial charge in [-0.2, -0.15) is 0 Å². The van der Waals surface area contributed by atoms with Crippen LogP contribution in [0.25, 0.3) is 0 Å². The second-order valence-electron chi connectivity index (χ2n) is 5.68. The van der Waals surface area contributed by atoms with Crippen molar-refractivity contribution in [1.29, 1.82) is 0 Å². The molecule has 0 spiro atoms. The van der Waals surface area contributed by atoms with E-state index < -0.39 is 0 Å². The molecule has 27 heavy (non-hydrogen) atoms. The average Bonchev–Trinajstić information content (AvgIpc) is 2.73. The number of amides is 2. The standard InChI is InChI=1S/C20H18N4O3/c1-27-18-4-2-17(3-5-18)24-20(26)16-10-15(12-22-13-16)19(25)23-11-14-6-8-21-9-7-14/h2-10,12-13H,11H2,1H3,(H,23,25)(H,24,26). The minimum atomic E-state index is -0.351. The lowest BCUT2D eigenvalue weighted by molar-refractivity contribution is 0.0950. The Balaban J connectivity index is 1.64. The molecule has 2 heterocycles. The number of carbonyl (C=O) groups excluding carboxylic acids is 2. The summed E-state index contributed by atoms with van der Waals surface area (Å²) in [5.74, 6) is 0.0393. The average molecular weight is 362 g/mol. The molecule has 3 aromatic rings. The van der Waals surface area contributed by atoms with Crippen LogP contribution >= 0.6 is 0 Å². The van der Waals surface area contributed by atoms with Gasteiger partial charge < -0.3 is 15.4 Å². The van der Waals surface area contributed by atoms with E-state index >= 15 is 0 Å². The fraction of sp³-hybridized carbons (Fsp3) is 0.100. The summed E-state index contributed by atoms with van der Waals surface area (Å²) in [6.45, 7) is 0.365. The molecule has 0 saturated carbocycles. The number of methoxy groups -OCH3 is 1. The van der Waals surface area contributed by atoms with Gasteiger partial charge >= 0.3 is 0 Å². The minimum Gasteiger partial charge on any atom is -0.497 e. The zero-order valence-electron chi connectivity index (χ0n) is 14.7. The van der Waals surface area contributed by atoms with Gasteiger partial charge in [-0.05, 0) is 48.0 Å². The van der Waals surface area contributed by atoms with Crippen LogP contribution in [0.3, 0.4) is 0 Å². The number of rotatable bonds is 6. The van der Waals surface area contributed by atoms with Crippen LogP contribution in [0.4, 0.5) is 5.69 Å². The maximum absolute atomic E-state index is 12.4. The summed E-state index contributed by atoms with van der Waals surface area (Å²) in [6.07, 6.45) is 6.16. The number of ether oxygens (including phenoxy) is 1. The summed E-state index contributed by atoms with van der Waals surface area (Å²) >= 11 is 0. The van der Waals surface area contributed by atoms with E-state index in [1.807, 2.05) is 12.1 Å². The molecular formula is C20H18N4O3. The fourth-order valence-corrected chi connectivity index (χ4v) is 2.35. The Morgan fingerprint density at radius 3 is 2.26 bits per heavy atom. The van der Waals surface area contributed by atoms with Gasteiger partial charge in [-0.3, -0.25) is 19.6 Å². The van der Waals surface area contributed by atoms with E-state index in [2.05, 4.69) is 20.6 Å². The maximum Gasteiger partial charge on any atom is 0.257 e. The smallest absolute Gasteiger partial charge is 0.257 e. The molecule has 2 aromatic heterocycles. The number of benzene rings is 1. The largest absolute Gasteiger partial charge is 0.497 e. The summed E-state index contributed by atoms with van der Waals surface area (Å²) in [5, 5.41) is 5.55. The summed E-state index contributed by atoms with van der Waals surface area (Å²) in [4.78, 5) is 32.6. The Kier molecular flexibility index (Phi) is 5.73. The summed E-state index contributed by atoms with van der Waals surface area (Å²) in [7, 11) is 1.57. The number of nitrogens with one attached hydrogen (secondary N) is 2. The van der Waals surface area contributed by atoms with Crippen molar-refractivity contribution in [3.8, 4) is 5.75 Å². The first-order chi connectivity index (χ1) is 13.2. The lowest BCUT2D eigenvalue weighted by atomic mass is 10.1. The molecule has 7 nitrogen and oxygen atoms in total. The predicted molar refractivity (Wildman–Crippen MR) is 101 cm³/mol. The summed E-state index contributed by atoms with van der Waals surface area (Å²) in [5.41, 5.74) is 2.15. The predicted octanol–water partition coefficient (Wildman–Crippen LogP) is 2.67. The highest BCUT2D eigenvalue weighted by Crippen LogP contribution is 2.16. The molecule has 2 amide bonds. The van der Waals surface area contributed by atoms with Gasteiger partial charge in [0.25, 0.3) is 11.8 Å². The molecule has 0 aliphatic carbocycles. The third-order valence-electron chi connectivity index (χ3n) is 3.81. The molecule has 7 heteroatoms. The quantitative estimate of drug-likeness (QED) is 0.703. The molecular weight excluding hydrogens is 344 g/mol. The van der Waals surface area contributed by atoms with E-state index in [1.54, 1.807) is 43.8 Å². The number of pyridine rings is 2. The number of anilines is 1. The molecule has 0 radical (unpaired) electrons. The highest BCUT2D eigenvalue weighted by molar-refractivity contribution is 6.05. The van der Waals surface area contributed by atoms with Gasteiger partial charge in [0, 0.05) is 37.0 Å². The number of carbonyl (C=O) groups is 2. The molecule has 0 saturated heterocycles. The first-order valence-electron chi connectivity index (χ1n) is 8.23. The van der Waals surface area contributed by atoms with E-state index in [-0.39, 0.29) is 11.8 Å². The third kappa shape index (κ3) is 4.88. The number of nitrogens with zero attached hydrogens (tertiary/aromatic N) is 2. The van der Waals surface area contributed by atoms with E-state index in [0.29, 0.717) is 29.1 Å². The maximum atomic E-state index is 12.4. The van der Waals surface area contributed by atoms with E-state index in [1.165, 1.54) is 18.5 Å². The Hall–Kier alpha value is -3.74. The van der Waals surface area contributed by atoms with Gasteiger partial charge in [0.1, 0.15) is 5.75 Å². The second kappa shape index (κ2) is 8.57. The lowest BCUT2D eigenvalue weighted by Gasteiger charge is -2.08. The molecule has 0 atom stereocenters. The SMILES string of the molecule is COc1ccc(NC(=O)c2cncc(C(=O)NCc3ccncc3)c2)cc1. The molecule has 0 fully saturated rings. The van der Waals surface area contributed by atoms with Crippen LogP contribution in [-0.2, 0) is 6.54 Å². The number of aromatic nitrogens is 2. The molecule has 1 aromatic carbocycles. The molecule has 0 aliphatic rings. The normalized spacial score (nSPS) is 10.1. The van der Waals surface area contributed by atoms with Crippen molar-refractivity contribution in [2.24, 2.45) is 0 Å². The number of hydrogen-bond donors (Lipinski definition) is 2. The zero-order valence-corrected chi connectivity index (χ0v) is 14.7. The van der Waals surface area contributed by atoms with Crippen LogP contribution in [0.2, 0.25) is 0 Å². The Morgan fingerprint density at radius 2 is 1.59 bits per heavy atom. The van der Waals surface area contributed by atoms with Gasteiger partial charge in [-0.1, -0.05) is 0 Å². The van der Waals surface area contributed by atoms with Crippen LogP contribution in [0.15, 0.2) is 67.3 Å². The molecule has 0 unspecified atom stereocenters. The Bertz CT molecular complexity index is 927. The van der Waals surface area contributed by atoms with Crippen LogP contribution < -0.4 is 15.4 Å². The van der Waals surface area contributed by atoms with E-state index in [9.17, 15) is 9.59 Å². The van der Waals surface area contributed by atoms with Crippen molar-refractivity contribution in [3.63, 3.8) is 0 Å². The van der Waals surface area contributed by atoms with Crippen molar-refractivity contribution in [3.05, 3.63) is 83.9 Å². The topological polar surface area (TPSA) is 93.2 Å².